The molecule has 82 valence electrons. The standard InChI is InChI=1S/C12H11BrN2S/c1-9-5-6-16-12(9)8-14-15-11-4-2-3-10(13)7-11/h2-8,15H,1H3/b14-8+. The quantitative estimate of drug-likeness (QED) is 0.664. The zero-order valence-electron chi connectivity index (χ0n) is 8.77. The highest BCUT2D eigenvalue weighted by atomic mass is 79.9. The highest BCUT2D eigenvalue weighted by molar-refractivity contribution is 9.10. The van der Waals surface area contributed by atoms with Gasteiger partial charge in [0.1, 0.15) is 0 Å². The average molecular weight is 295 g/mol. The van der Waals surface area contributed by atoms with E-state index >= 15 is 0 Å². The topological polar surface area (TPSA) is 24.4 Å². The predicted octanol–water partition coefficient (Wildman–Crippen LogP) is 4.27. The molecular formula is C12H11BrN2S. The van der Waals surface area contributed by atoms with Gasteiger partial charge in [-0.3, -0.25) is 5.43 Å². The van der Waals surface area contributed by atoms with Gasteiger partial charge in [-0.25, -0.2) is 0 Å². The van der Waals surface area contributed by atoms with Crippen LogP contribution in [0.2, 0.25) is 0 Å². The first-order valence-electron chi connectivity index (χ1n) is 4.84. The molecule has 0 aliphatic heterocycles. The molecule has 0 amide bonds. The van der Waals surface area contributed by atoms with Gasteiger partial charge in [-0.1, -0.05) is 22.0 Å². The van der Waals surface area contributed by atoms with Crippen molar-refractivity contribution in [3.63, 3.8) is 0 Å². The molecule has 1 N–H and O–H groups in total. The summed E-state index contributed by atoms with van der Waals surface area (Å²) in [7, 11) is 0. The number of benzene rings is 1. The van der Waals surface area contributed by atoms with Crippen molar-refractivity contribution in [1.29, 1.82) is 0 Å². The Morgan fingerprint density at radius 3 is 2.94 bits per heavy atom. The average Bonchev–Trinajstić information content (AvgIpc) is 2.65. The Labute approximate surface area is 107 Å². The van der Waals surface area contributed by atoms with E-state index in [1.54, 1.807) is 11.3 Å². The number of nitrogens with zero attached hydrogens (tertiary/aromatic N) is 1. The Morgan fingerprint density at radius 2 is 2.25 bits per heavy atom. The molecule has 0 spiro atoms. The van der Waals surface area contributed by atoms with Crippen LogP contribution in [0.1, 0.15) is 10.4 Å². The second kappa shape index (κ2) is 5.27. The maximum atomic E-state index is 4.20. The molecule has 1 aromatic heterocycles. The monoisotopic (exact) mass is 294 g/mol. The van der Waals surface area contributed by atoms with E-state index in [0.717, 1.165) is 10.2 Å². The molecule has 1 aromatic carbocycles. The molecule has 16 heavy (non-hydrogen) atoms. The Morgan fingerprint density at radius 1 is 1.38 bits per heavy atom. The van der Waals surface area contributed by atoms with E-state index in [4.69, 9.17) is 0 Å². The number of aryl methyl sites for hydroxylation is 1. The summed E-state index contributed by atoms with van der Waals surface area (Å²) < 4.78 is 1.04. The zero-order chi connectivity index (χ0) is 11.4. The van der Waals surface area contributed by atoms with Gasteiger partial charge in [0.2, 0.25) is 0 Å². The van der Waals surface area contributed by atoms with Crippen LogP contribution in [0, 0.1) is 6.92 Å². The molecule has 4 heteroatoms. The van der Waals surface area contributed by atoms with Gasteiger partial charge >= 0.3 is 0 Å². The first kappa shape index (κ1) is 11.4. The van der Waals surface area contributed by atoms with E-state index in [1.807, 2.05) is 30.5 Å². The maximum absolute atomic E-state index is 4.20. The summed E-state index contributed by atoms with van der Waals surface area (Å²) >= 11 is 5.10. The van der Waals surface area contributed by atoms with E-state index in [0.29, 0.717) is 0 Å². The molecule has 1 heterocycles. The Kier molecular flexibility index (Phi) is 3.74. The molecular weight excluding hydrogens is 284 g/mol. The normalized spacial score (nSPS) is 10.9. The summed E-state index contributed by atoms with van der Waals surface area (Å²) in [6.45, 7) is 2.08. The van der Waals surface area contributed by atoms with Gasteiger partial charge in [-0.2, -0.15) is 5.10 Å². The SMILES string of the molecule is Cc1ccsc1/C=N/Nc1cccc(Br)c1. The van der Waals surface area contributed by atoms with Crippen molar-refractivity contribution >= 4 is 39.2 Å². The van der Waals surface area contributed by atoms with Gasteiger partial charge in [-0.15, -0.1) is 11.3 Å². The van der Waals surface area contributed by atoms with Gasteiger partial charge < -0.3 is 0 Å². The third-order valence-corrected chi connectivity index (χ3v) is 3.55. The fourth-order valence-electron chi connectivity index (χ4n) is 1.24. The number of hydrazone groups is 1. The third-order valence-electron chi connectivity index (χ3n) is 2.10. The Balaban J connectivity index is 2.02. The van der Waals surface area contributed by atoms with Crippen molar-refractivity contribution in [3.05, 3.63) is 50.6 Å². The van der Waals surface area contributed by atoms with Gasteiger partial charge in [0.25, 0.3) is 0 Å². The summed E-state index contributed by atoms with van der Waals surface area (Å²) in [4.78, 5) is 1.18. The summed E-state index contributed by atoms with van der Waals surface area (Å²) in [5.41, 5.74) is 5.22. The first-order valence-corrected chi connectivity index (χ1v) is 6.52. The molecule has 0 fully saturated rings. The van der Waals surface area contributed by atoms with E-state index in [1.165, 1.54) is 10.4 Å². The van der Waals surface area contributed by atoms with E-state index in [9.17, 15) is 0 Å². The molecule has 2 rings (SSSR count). The summed E-state index contributed by atoms with van der Waals surface area (Å²) in [6.07, 6.45) is 1.85. The van der Waals surface area contributed by atoms with Crippen molar-refractivity contribution in [2.75, 3.05) is 5.43 Å². The van der Waals surface area contributed by atoms with Crippen molar-refractivity contribution in [2.24, 2.45) is 5.10 Å². The van der Waals surface area contributed by atoms with Crippen LogP contribution in [0.3, 0.4) is 0 Å². The molecule has 2 aromatic rings. The highest BCUT2D eigenvalue weighted by Gasteiger charge is 1.95. The minimum absolute atomic E-state index is 0.972. The second-order valence-corrected chi connectivity index (χ2v) is 5.21. The van der Waals surface area contributed by atoms with Crippen LogP contribution < -0.4 is 5.43 Å². The second-order valence-electron chi connectivity index (χ2n) is 3.35. The molecule has 0 radical (unpaired) electrons. The summed E-state index contributed by atoms with van der Waals surface area (Å²) in [5.74, 6) is 0. The first-order chi connectivity index (χ1) is 7.75. The summed E-state index contributed by atoms with van der Waals surface area (Å²) in [6, 6.07) is 10.0. The van der Waals surface area contributed by atoms with Gasteiger partial charge in [0.05, 0.1) is 11.9 Å². The number of hydrogen-bond donors (Lipinski definition) is 1. The molecule has 0 atom stereocenters. The smallest absolute Gasteiger partial charge is 0.0647 e. The highest BCUT2D eigenvalue weighted by Crippen LogP contribution is 2.16. The number of halogens is 1. The molecule has 0 saturated carbocycles. The Bertz CT molecular complexity index is 505. The fraction of sp³-hybridized carbons (Fsp3) is 0.0833. The van der Waals surface area contributed by atoms with Gasteiger partial charge in [0, 0.05) is 9.35 Å². The van der Waals surface area contributed by atoms with E-state index in [2.05, 4.69) is 44.8 Å². The van der Waals surface area contributed by atoms with Crippen molar-refractivity contribution in [2.45, 2.75) is 6.92 Å². The number of nitrogens with one attached hydrogen (secondary N) is 1. The molecule has 0 saturated heterocycles. The fourth-order valence-corrected chi connectivity index (χ4v) is 2.43. The van der Waals surface area contributed by atoms with Gasteiger partial charge in [0.15, 0.2) is 0 Å². The van der Waals surface area contributed by atoms with E-state index < -0.39 is 0 Å². The van der Waals surface area contributed by atoms with Crippen LogP contribution in [0.5, 0.6) is 0 Å². The van der Waals surface area contributed by atoms with Crippen LogP contribution >= 0.6 is 27.3 Å². The third kappa shape index (κ3) is 2.93. The van der Waals surface area contributed by atoms with Crippen LogP contribution in [0.25, 0.3) is 0 Å². The summed E-state index contributed by atoms with van der Waals surface area (Å²) in [5, 5.41) is 6.27. The zero-order valence-corrected chi connectivity index (χ0v) is 11.2. The van der Waals surface area contributed by atoms with Crippen molar-refractivity contribution < 1.29 is 0 Å². The lowest BCUT2D eigenvalue weighted by molar-refractivity contribution is 1.35. The maximum Gasteiger partial charge on any atom is 0.0647 e. The minimum atomic E-state index is 0.972. The van der Waals surface area contributed by atoms with E-state index in [-0.39, 0.29) is 0 Å². The number of anilines is 1. The van der Waals surface area contributed by atoms with Crippen molar-refractivity contribution in [3.8, 4) is 0 Å². The largest absolute Gasteiger partial charge is 0.278 e. The van der Waals surface area contributed by atoms with Crippen LogP contribution in [-0.4, -0.2) is 6.21 Å². The van der Waals surface area contributed by atoms with Crippen LogP contribution in [0.15, 0.2) is 45.3 Å². The lowest BCUT2D eigenvalue weighted by atomic mass is 10.3. The number of rotatable bonds is 3. The Hall–Kier alpha value is -1.13. The number of hydrogen-bond acceptors (Lipinski definition) is 3. The van der Waals surface area contributed by atoms with Crippen LogP contribution in [-0.2, 0) is 0 Å². The molecule has 2 nitrogen and oxygen atoms in total. The number of thiophene rings is 1. The minimum Gasteiger partial charge on any atom is -0.278 e. The van der Waals surface area contributed by atoms with Gasteiger partial charge in [-0.05, 0) is 42.1 Å². The molecule has 0 aliphatic rings. The lowest BCUT2D eigenvalue weighted by Crippen LogP contribution is -1.89. The molecule has 0 bridgehead atoms. The molecule has 0 unspecified atom stereocenters. The van der Waals surface area contributed by atoms with Crippen LogP contribution in [0.4, 0.5) is 5.69 Å². The van der Waals surface area contributed by atoms with Crippen molar-refractivity contribution in [1.82, 2.24) is 0 Å². The lowest BCUT2D eigenvalue weighted by Gasteiger charge is -1.99. The molecule has 0 aliphatic carbocycles. The predicted molar refractivity (Wildman–Crippen MR) is 74.4 cm³/mol.